The van der Waals surface area contributed by atoms with Crippen molar-refractivity contribution in [2.75, 3.05) is 13.7 Å². The van der Waals surface area contributed by atoms with Gasteiger partial charge in [0.1, 0.15) is 0 Å². The van der Waals surface area contributed by atoms with E-state index in [1.807, 2.05) is 12.1 Å². The summed E-state index contributed by atoms with van der Waals surface area (Å²) in [4.78, 5) is 26.7. The highest BCUT2D eigenvalue weighted by atomic mass is 32.1. The first-order valence-electron chi connectivity index (χ1n) is 6.64. The van der Waals surface area contributed by atoms with Crippen molar-refractivity contribution in [1.82, 2.24) is 10.3 Å². The lowest BCUT2D eigenvalue weighted by Gasteiger charge is -2.05. The maximum atomic E-state index is 12.0. The van der Waals surface area contributed by atoms with Crippen LogP contribution >= 0.6 is 11.3 Å². The SMILES string of the molecule is COCc1ccc(C(=O)NCCc2nc(C(=O)O)cs2)cc1. The van der Waals surface area contributed by atoms with E-state index in [1.165, 1.54) is 16.7 Å². The van der Waals surface area contributed by atoms with Gasteiger partial charge < -0.3 is 15.2 Å². The van der Waals surface area contributed by atoms with E-state index < -0.39 is 5.97 Å². The van der Waals surface area contributed by atoms with Gasteiger partial charge in [-0.05, 0) is 17.7 Å². The van der Waals surface area contributed by atoms with Crippen molar-refractivity contribution in [3.05, 3.63) is 51.5 Å². The summed E-state index contributed by atoms with van der Waals surface area (Å²) in [5, 5.41) is 13.8. The van der Waals surface area contributed by atoms with E-state index in [4.69, 9.17) is 9.84 Å². The highest BCUT2D eigenvalue weighted by molar-refractivity contribution is 7.09. The molecule has 1 amide bonds. The number of hydrogen-bond acceptors (Lipinski definition) is 5. The van der Waals surface area contributed by atoms with Gasteiger partial charge >= 0.3 is 5.97 Å². The number of methoxy groups -OCH3 is 1. The van der Waals surface area contributed by atoms with Crippen LogP contribution in [0.4, 0.5) is 0 Å². The molecule has 0 atom stereocenters. The molecule has 7 heteroatoms. The van der Waals surface area contributed by atoms with E-state index in [1.54, 1.807) is 19.2 Å². The number of ether oxygens (including phenoxy) is 1. The highest BCUT2D eigenvalue weighted by Crippen LogP contribution is 2.10. The molecule has 2 aromatic rings. The molecule has 0 aliphatic heterocycles. The van der Waals surface area contributed by atoms with Crippen molar-refractivity contribution in [2.45, 2.75) is 13.0 Å². The number of nitrogens with zero attached hydrogens (tertiary/aromatic N) is 1. The molecule has 0 spiro atoms. The first-order valence-corrected chi connectivity index (χ1v) is 7.52. The third-order valence-corrected chi connectivity index (χ3v) is 3.83. The molecule has 1 aromatic carbocycles. The molecule has 0 bridgehead atoms. The number of aromatic nitrogens is 1. The van der Waals surface area contributed by atoms with Crippen LogP contribution < -0.4 is 5.32 Å². The maximum Gasteiger partial charge on any atom is 0.355 e. The molecule has 0 unspecified atom stereocenters. The number of hydrogen-bond donors (Lipinski definition) is 2. The highest BCUT2D eigenvalue weighted by Gasteiger charge is 2.09. The van der Waals surface area contributed by atoms with E-state index in [0.29, 0.717) is 30.1 Å². The fourth-order valence-corrected chi connectivity index (χ4v) is 2.60. The average Bonchev–Trinajstić information content (AvgIpc) is 2.97. The smallest absolute Gasteiger partial charge is 0.355 e. The van der Waals surface area contributed by atoms with Crippen molar-refractivity contribution in [3.63, 3.8) is 0 Å². The Morgan fingerprint density at radius 2 is 2.05 bits per heavy atom. The van der Waals surface area contributed by atoms with Crippen molar-refractivity contribution < 1.29 is 19.4 Å². The van der Waals surface area contributed by atoms with Crippen LogP contribution in [0.15, 0.2) is 29.6 Å². The number of carboxylic acid groups (broad SMARTS) is 1. The quantitative estimate of drug-likeness (QED) is 0.814. The van der Waals surface area contributed by atoms with Crippen LogP contribution in [0.1, 0.15) is 31.4 Å². The standard InChI is InChI=1S/C15H16N2O4S/c1-21-8-10-2-4-11(5-3-10)14(18)16-7-6-13-17-12(9-22-13)15(19)20/h2-5,9H,6-8H2,1H3,(H,16,18)(H,19,20). The zero-order chi connectivity index (χ0) is 15.9. The first-order chi connectivity index (χ1) is 10.6. The maximum absolute atomic E-state index is 12.0. The summed E-state index contributed by atoms with van der Waals surface area (Å²) in [7, 11) is 1.62. The fraction of sp³-hybridized carbons (Fsp3) is 0.267. The molecule has 116 valence electrons. The normalized spacial score (nSPS) is 10.4. The number of carbonyl (C=O) groups excluding carboxylic acids is 1. The lowest BCUT2D eigenvalue weighted by Crippen LogP contribution is -2.25. The molecule has 2 N–H and O–H groups in total. The van der Waals surface area contributed by atoms with Gasteiger partial charge in [-0.3, -0.25) is 4.79 Å². The van der Waals surface area contributed by atoms with Gasteiger partial charge in [-0.1, -0.05) is 12.1 Å². The third kappa shape index (κ3) is 4.37. The Bertz CT molecular complexity index is 652. The zero-order valence-electron chi connectivity index (χ0n) is 12.0. The van der Waals surface area contributed by atoms with E-state index in [-0.39, 0.29) is 11.6 Å². The van der Waals surface area contributed by atoms with Gasteiger partial charge in [-0.15, -0.1) is 11.3 Å². The van der Waals surface area contributed by atoms with Gasteiger partial charge in [0.05, 0.1) is 11.6 Å². The molecule has 0 saturated heterocycles. The van der Waals surface area contributed by atoms with Crippen LogP contribution in [-0.2, 0) is 17.8 Å². The summed E-state index contributed by atoms with van der Waals surface area (Å²) in [6, 6.07) is 7.18. The van der Waals surface area contributed by atoms with Crippen LogP contribution in [0.25, 0.3) is 0 Å². The number of rotatable bonds is 7. The Morgan fingerprint density at radius 1 is 1.32 bits per heavy atom. The number of carboxylic acids is 1. The minimum Gasteiger partial charge on any atom is -0.476 e. The van der Waals surface area contributed by atoms with Gasteiger partial charge in [-0.2, -0.15) is 0 Å². The minimum atomic E-state index is -1.04. The van der Waals surface area contributed by atoms with Crippen molar-refractivity contribution >= 4 is 23.2 Å². The molecule has 0 aliphatic carbocycles. The first kappa shape index (κ1) is 16.1. The number of thiazole rings is 1. The predicted molar refractivity (Wildman–Crippen MR) is 82.3 cm³/mol. The molecule has 0 aliphatic rings. The lowest BCUT2D eigenvalue weighted by atomic mass is 10.1. The van der Waals surface area contributed by atoms with Crippen LogP contribution in [-0.4, -0.2) is 35.6 Å². The van der Waals surface area contributed by atoms with Gasteiger partial charge in [0.15, 0.2) is 5.69 Å². The summed E-state index contributed by atoms with van der Waals surface area (Å²) in [6.45, 7) is 0.920. The number of aromatic carboxylic acids is 1. The zero-order valence-corrected chi connectivity index (χ0v) is 12.9. The molecule has 1 heterocycles. The topological polar surface area (TPSA) is 88.5 Å². The molecule has 6 nitrogen and oxygen atoms in total. The number of nitrogens with one attached hydrogen (secondary N) is 1. The monoisotopic (exact) mass is 320 g/mol. The number of carbonyl (C=O) groups is 2. The second-order valence-electron chi connectivity index (χ2n) is 4.57. The Balaban J connectivity index is 1.82. The lowest BCUT2D eigenvalue weighted by molar-refractivity contribution is 0.0690. The van der Waals surface area contributed by atoms with Gasteiger partial charge in [0.25, 0.3) is 5.91 Å². The molecule has 2 rings (SSSR count). The van der Waals surface area contributed by atoms with Crippen LogP contribution in [0.5, 0.6) is 0 Å². The molecule has 0 saturated carbocycles. The second-order valence-corrected chi connectivity index (χ2v) is 5.51. The molecular formula is C15H16N2O4S. The fourth-order valence-electron chi connectivity index (χ4n) is 1.83. The summed E-state index contributed by atoms with van der Waals surface area (Å²) in [5.74, 6) is -1.21. The molecular weight excluding hydrogens is 304 g/mol. The Kier molecular flexibility index (Phi) is 5.62. The number of benzene rings is 1. The van der Waals surface area contributed by atoms with E-state index in [0.717, 1.165) is 5.56 Å². The minimum absolute atomic E-state index is 0.0417. The van der Waals surface area contributed by atoms with E-state index in [9.17, 15) is 9.59 Å². The Hall–Kier alpha value is -2.25. The number of amides is 1. The molecule has 0 fully saturated rings. The third-order valence-electron chi connectivity index (χ3n) is 2.92. The van der Waals surface area contributed by atoms with Crippen LogP contribution in [0.3, 0.4) is 0 Å². The average molecular weight is 320 g/mol. The largest absolute Gasteiger partial charge is 0.476 e. The van der Waals surface area contributed by atoms with Crippen LogP contribution in [0.2, 0.25) is 0 Å². The van der Waals surface area contributed by atoms with Gasteiger partial charge in [0, 0.05) is 31.0 Å². The van der Waals surface area contributed by atoms with Crippen molar-refractivity contribution in [2.24, 2.45) is 0 Å². The molecule has 0 radical (unpaired) electrons. The second kappa shape index (κ2) is 7.67. The summed E-state index contributed by atoms with van der Waals surface area (Å²) in [6.07, 6.45) is 0.505. The van der Waals surface area contributed by atoms with Crippen LogP contribution in [0, 0.1) is 0 Å². The van der Waals surface area contributed by atoms with E-state index in [2.05, 4.69) is 10.3 Å². The Labute approximate surface area is 131 Å². The molecule has 1 aromatic heterocycles. The van der Waals surface area contributed by atoms with Gasteiger partial charge in [-0.25, -0.2) is 9.78 Å². The van der Waals surface area contributed by atoms with Gasteiger partial charge in [0.2, 0.25) is 0 Å². The van der Waals surface area contributed by atoms with E-state index >= 15 is 0 Å². The summed E-state index contributed by atoms with van der Waals surface area (Å²) < 4.78 is 5.01. The summed E-state index contributed by atoms with van der Waals surface area (Å²) in [5.41, 5.74) is 1.62. The predicted octanol–water partition coefficient (Wildman–Crippen LogP) is 1.96. The van der Waals surface area contributed by atoms with Crippen molar-refractivity contribution in [3.8, 4) is 0 Å². The summed E-state index contributed by atoms with van der Waals surface area (Å²) >= 11 is 1.28. The molecule has 22 heavy (non-hydrogen) atoms. The van der Waals surface area contributed by atoms with Crippen molar-refractivity contribution in [1.29, 1.82) is 0 Å². The Morgan fingerprint density at radius 3 is 2.64 bits per heavy atom.